The number of rotatable bonds is 11. The minimum Gasteiger partial charge on any atom is -0.346 e. The SMILES string of the molecule is CCCCC1CC1(CC(=O)NO)C(=O)N[C@H](C(=O)C1CCC[C@H]1CC)C(C)C. The maximum absolute atomic E-state index is 13.2. The van der Waals surface area contributed by atoms with Crippen LogP contribution in [-0.2, 0) is 14.4 Å². The Morgan fingerprint density at radius 3 is 2.46 bits per heavy atom. The minimum atomic E-state index is -0.783. The fraction of sp³-hybridized carbons (Fsp3) is 0.864. The third kappa shape index (κ3) is 4.94. The molecule has 0 aromatic heterocycles. The van der Waals surface area contributed by atoms with E-state index in [1.807, 2.05) is 13.8 Å². The van der Waals surface area contributed by atoms with Crippen LogP contribution in [0.1, 0.15) is 85.5 Å². The van der Waals surface area contributed by atoms with Crippen LogP contribution in [0, 0.1) is 29.1 Å². The van der Waals surface area contributed by atoms with Gasteiger partial charge >= 0.3 is 0 Å². The van der Waals surface area contributed by atoms with Gasteiger partial charge in [0.2, 0.25) is 11.8 Å². The van der Waals surface area contributed by atoms with E-state index >= 15 is 0 Å². The molecular formula is C22H38N2O4. The van der Waals surface area contributed by atoms with E-state index in [0.29, 0.717) is 12.3 Å². The number of amides is 2. The standard InChI is InChI=1S/C22H38N2O4/c1-5-7-10-16-12-22(16,13-18(25)24-28)21(27)23-19(14(3)4)20(26)17-11-8-9-15(17)6-2/h14-17,19,28H,5-13H2,1-4H3,(H,23,27)(H,24,25)/t15-,16?,17?,19+,22?/m1/s1. The number of carbonyl (C=O) groups is 3. The first kappa shape index (κ1) is 22.9. The highest BCUT2D eigenvalue weighted by molar-refractivity contribution is 5.96. The lowest BCUT2D eigenvalue weighted by molar-refractivity contribution is -0.138. The Bertz CT molecular complexity index is 577. The van der Waals surface area contributed by atoms with Gasteiger partial charge in [-0.15, -0.1) is 0 Å². The molecule has 0 aromatic carbocycles. The lowest BCUT2D eigenvalue weighted by Crippen LogP contribution is -2.50. The summed E-state index contributed by atoms with van der Waals surface area (Å²) >= 11 is 0. The van der Waals surface area contributed by atoms with Gasteiger partial charge in [0.15, 0.2) is 5.78 Å². The molecule has 2 amide bonds. The molecule has 0 aliphatic heterocycles. The van der Waals surface area contributed by atoms with Crippen LogP contribution < -0.4 is 10.8 Å². The molecule has 0 spiro atoms. The Hall–Kier alpha value is -1.43. The summed E-state index contributed by atoms with van der Waals surface area (Å²) in [5.74, 6) is 0.00932. The first-order chi connectivity index (χ1) is 13.3. The average Bonchev–Trinajstić information content (AvgIpc) is 3.15. The predicted octanol–water partition coefficient (Wildman–Crippen LogP) is 3.61. The molecule has 0 radical (unpaired) electrons. The van der Waals surface area contributed by atoms with Crippen molar-refractivity contribution in [2.24, 2.45) is 29.1 Å². The van der Waals surface area contributed by atoms with Crippen LogP contribution in [0.25, 0.3) is 0 Å². The number of unbranched alkanes of at least 4 members (excludes halogenated alkanes) is 1. The molecule has 2 saturated carbocycles. The smallest absolute Gasteiger partial charge is 0.244 e. The van der Waals surface area contributed by atoms with Crippen LogP contribution in [0.4, 0.5) is 0 Å². The third-order valence-corrected chi connectivity index (χ3v) is 7.00. The quantitative estimate of drug-likeness (QED) is 0.368. The summed E-state index contributed by atoms with van der Waals surface area (Å²) in [6.45, 7) is 8.16. The van der Waals surface area contributed by atoms with Gasteiger partial charge in [0.1, 0.15) is 0 Å². The highest BCUT2D eigenvalue weighted by Gasteiger charge is 2.60. The summed E-state index contributed by atoms with van der Waals surface area (Å²) in [5.41, 5.74) is 0.881. The van der Waals surface area contributed by atoms with Gasteiger partial charge in [-0.2, -0.15) is 0 Å². The predicted molar refractivity (Wildman–Crippen MR) is 108 cm³/mol. The van der Waals surface area contributed by atoms with Gasteiger partial charge in [-0.25, -0.2) is 5.48 Å². The largest absolute Gasteiger partial charge is 0.346 e. The first-order valence-corrected chi connectivity index (χ1v) is 11.1. The van der Waals surface area contributed by atoms with Crippen molar-refractivity contribution in [1.29, 1.82) is 0 Å². The molecule has 0 aromatic rings. The number of hydrogen-bond acceptors (Lipinski definition) is 4. The number of hydrogen-bond donors (Lipinski definition) is 3. The Morgan fingerprint density at radius 2 is 1.89 bits per heavy atom. The molecule has 0 saturated heterocycles. The normalized spacial score (nSPS) is 30.1. The van der Waals surface area contributed by atoms with E-state index in [1.54, 1.807) is 5.48 Å². The Kier molecular flexibility index (Phi) is 8.05. The zero-order valence-electron chi connectivity index (χ0n) is 17.9. The van der Waals surface area contributed by atoms with Crippen molar-refractivity contribution in [3.63, 3.8) is 0 Å². The summed E-state index contributed by atoms with van der Waals surface area (Å²) in [5, 5.41) is 12.0. The van der Waals surface area contributed by atoms with E-state index in [4.69, 9.17) is 5.21 Å². The van der Waals surface area contributed by atoms with Crippen LogP contribution >= 0.6 is 0 Å². The summed E-state index contributed by atoms with van der Waals surface area (Å²) in [6.07, 6.45) is 7.63. The van der Waals surface area contributed by atoms with Gasteiger partial charge in [-0.1, -0.05) is 53.4 Å². The zero-order valence-corrected chi connectivity index (χ0v) is 17.9. The zero-order chi connectivity index (χ0) is 20.9. The number of hydroxylamine groups is 1. The summed E-state index contributed by atoms with van der Waals surface area (Å²) < 4.78 is 0. The second-order valence-electron chi connectivity index (χ2n) is 9.21. The minimum absolute atomic E-state index is 0.00566. The Morgan fingerprint density at radius 1 is 1.18 bits per heavy atom. The molecule has 2 aliphatic rings. The van der Waals surface area contributed by atoms with Crippen molar-refractivity contribution in [3.8, 4) is 0 Å². The van der Waals surface area contributed by atoms with E-state index in [2.05, 4.69) is 19.2 Å². The van der Waals surface area contributed by atoms with Crippen LogP contribution in [0.15, 0.2) is 0 Å². The Balaban J connectivity index is 2.12. The average molecular weight is 395 g/mol. The highest BCUT2D eigenvalue weighted by Crippen LogP contribution is 2.58. The summed E-state index contributed by atoms with van der Waals surface area (Å²) in [7, 11) is 0. The van der Waals surface area contributed by atoms with Gasteiger partial charge in [-0.05, 0) is 43.4 Å². The second-order valence-corrected chi connectivity index (χ2v) is 9.21. The number of Topliss-reactive ketones (excluding diaryl/α,β-unsaturated/α-hetero) is 1. The summed E-state index contributed by atoms with van der Waals surface area (Å²) in [6, 6.07) is -0.508. The molecule has 2 rings (SSSR count). The van der Waals surface area contributed by atoms with Gasteiger partial charge in [0.25, 0.3) is 0 Å². The molecule has 0 heterocycles. The number of ketones is 1. The molecular weight excluding hydrogens is 356 g/mol. The molecule has 0 bridgehead atoms. The van der Waals surface area contributed by atoms with E-state index in [1.165, 1.54) is 0 Å². The first-order valence-electron chi connectivity index (χ1n) is 11.1. The van der Waals surface area contributed by atoms with Crippen molar-refractivity contribution < 1.29 is 19.6 Å². The van der Waals surface area contributed by atoms with E-state index < -0.39 is 17.4 Å². The molecule has 28 heavy (non-hydrogen) atoms. The monoisotopic (exact) mass is 394 g/mol. The van der Waals surface area contributed by atoms with Gasteiger partial charge in [0.05, 0.1) is 11.5 Å². The fourth-order valence-corrected chi connectivity index (χ4v) is 5.09. The number of carbonyl (C=O) groups excluding carboxylic acids is 3. The van der Waals surface area contributed by atoms with Crippen molar-refractivity contribution in [3.05, 3.63) is 0 Å². The molecule has 2 fully saturated rings. The molecule has 5 atom stereocenters. The van der Waals surface area contributed by atoms with Crippen molar-refractivity contribution >= 4 is 17.6 Å². The van der Waals surface area contributed by atoms with E-state index in [-0.39, 0.29) is 35.9 Å². The highest BCUT2D eigenvalue weighted by atomic mass is 16.5. The molecule has 6 nitrogen and oxygen atoms in total. The molecule has 3 unspecified atom stereocenters. The maximum Gasteiger partial charge on any atom is 0.244 e. The molecule has 6 heteroatoms. The third-order valence-electron chi connectivity index (χ3n) is 7.00. The maximum atomic E-state index is 13.2. The van der Waals surface area contributed by atoms with Crippen LogP contribution in [0.5, 0.6) is 0 Å². The van der Waals surface area contributed by atoms with Crippen LogP contribution in [0.2, 0.25) is 0 Å². The molecule has 3 N–H and O–H groups in total. The van der Waals surface area contributed by atoms with Gasteiger partial charge in [0, 0.05) is 12.3 Å². The lowest BCUT2D eigenvalue weighted by atomic mass is 9.83. The topological polar surface area (TPSA) is 95.5 Å². The van der Waals surface area contributed by atoms with Gasteiger partial charge in [-0.3, -0.25) is 19.6 Å². The van der Waals surface area contributed by atoms with E-state index in [9.17, 15) is 14.4 Å². The van der Waals surface area contributed by atoms with Crippen molar-refractivity contribution in [2.45, 2.75) is 91.5 Å². The van der Waals surface area contributed by atoms with Crippen LogP contribution in [-0.4, -0.2) is 28.8 Å². The Labute approximate surface area is 169 Å². The summed E-state index contributed by atoms with van der Waals surface area (Å²) in [4.78, 5) is 38.3. The fourth-order valence-electron chi connectivity index (χ4n) is 5.09. The van der Waals surface area contributed by atoms with E-state index in [0.717, 1.165) is 44.9 Å². The second kappa shape index (κ2) is 9.86. The van der Waals surface area contributed by atoms with Crippen molar-refractivity contribution in [1.82, 2.24) is 10.8 Å². The molecule has 160 valence electrons. The van der Waals surface area contributed by atoms with Crippen molar-refractivity contribution in [2.75, 3.05) is 0 Å². The number of nitrogens with one attached hydrogen (secondary N) is 2. The molecule has 2 aliphatic carbocycles. The van der Waals surface area contributed by atoms with Crippen LogP contribution in [0.3, 0.4) is 0 Å². The van der Waals surface area contributed by atoms with Gasteiger partial charge < -0.3 is 5.32 Å². The lowest BCUT2D eigenvalue weighted by Gasteiger charge is -2.29.